The number of fused-ring (bicyclic) bond motifs is 11. The van der Waals surface area contributed by atoms with Gasteiger partial charge in [0.2, 0.25) is 0 Å². The topological polar surface area (TPSA) is 0 Å². The number of hydrogen-bond donors (Lipinski definition) is 0. The molecule has 0 unspecified atom stereocenters. The van der Waals surface area contributed by atoms with Crippen molar-refractivity contribution in [3.8, 4) is 33.4 Å². The molecule has 1 heteroatoms. The van der Waals surface area contributed by atoms with Gasteiger partial charge in [0.05, 0.1) is 0 Å². The summed E-state index contributed by atoms with van der Waals surface area (Å²) in [6.07, 6.45) is 0. The Morgan fingerprint density at radius 2 is 0.794 bits per heavy atom. The van der Waals surface area contributed by atoms with Crippen molar-refractivity contribution in [2.45, 2.75) is 13.8 Å². The van der Waals surface area contributed by atoms with Crippen LogP contribution in [0.25, 0.3) is 140 Å². The van der Waals surface area contributed by atoms with Gasteiger partial charge in [-0.1, -0.05) is 158 Å². The Bertz CT molecular complexity index is 4220. The van der Waals surface area contributed by atoms with Gasteiger partial charge in [-0.3, -0.25) is 0 Å². The molecule has 63 heavy (non-hydrogen) atoms. The zero-order valence-electron chi connectivity index (χ0n) is 34.9. The molecule has 0 aliphatic heterocycles. The first-order chi connectivity index (χ1) is 31.0. The maximum Gasteiger partial charge on any atom is 0.0362 e. The molecule has 0 bridgehead atoms. The van der Waals surface area contributed by atoms with Gasteiger partial charge in [-0.05, 0) is 181 Å². The van der Waals surface area contributed by atoms with Gasteiger partial charge in [0.25, 0.3) is 0 Å². The van der Waals surface area contributed by atoms with Gasteiger partial charge in [-0.2, -0.15) is 0 Å². The minimum atomic E-state index is 1.23. The molecule has 0 radical (unpaired) electrons. The van der Waals surface area contributed by atoms with Crippen LogP contribution in [-0.2, 0) is 0 Å². The van der Waals surface area contributed by atoms with Crippen molar-refractivity contribution in [2.24, 2.45) is 0 Å². The molecular formula is C62H38S. The second-order valence-corrected chi connectivity index (χ2v) is 18.7. The SMILES string of the molecule is Cc1cc2c3cc(-c4ccc5ccc6c(-c7cccc(-c8c9ccccc9cc9ccccc89)c7)ccc7ccc4c5c76)ccc3c3cc4sc5ccccc5c4cc3c2cc1C. The van der Waals surface area contributed by atoms with Crippen molar-refractivity contribution in [1.29, 1.82) is 0 Å². The molecule has 0 N–H and O–H groups in total. The van der Waals surface area contributed by atoms with Crippen LogP contribution in [-0.4, -0.2) is 0 Å². The first-order valence-electron chi connectivity index (χ1n) is 22.0. The quantitative estimate of drug-likeness (QED) is 0.123. The van der Waals surface area contributed by atoms with E-state index in [-0.39, 0.29) is 0 Å². The van der Waals surface area contributed by atoms with E-state index in [2.05, 4.69) is 208 Å². The van der Waals surface area contributed by atoms with Gasteiger partial charge in [-0.25, -0.2) is 0 Å². The van der Waals surface area contributed by atoms with Gasteiger partial charge < -0.3 is 0 Å². The fourth-order valence-corrected chi connectivity index (χ4v) is 12.2. The van der Waals surface area contributed by atoms with E-state index in [4.69, 9.17) is 0 Å². The molecule has 292 valence electrons. The molecule has 1 heterocycles. The van der Waals surface area contributed by atoms with Crippen LogP contribution in [0.3, 0.4) is 0 Å². The third kappa shape index (κ3) is 5.03. The van der Waals surface area contributed by atoms with Crippen LogP contribution < -0.4 is 0 Å². The Hall–Kier alpha value is -7.58. The summed E-state index contributed by atoms with van der Waals surface area (Å²) in [5.41, 5.74) is 10.2. The number of hydrogen-bond acceptors (Lipinski definition) is 1. The van der Waals surface area contributed by atoms with Gasteiger partial charge in [-0.15, -0.1) is 11.3 Å². The molecule has 1 aromatic heterocycles. The van der Waals surface area contributed by atoms with Crippen LogP contribution in [0.4, 0.5) is 0 Å². The predicted molar refractivity (Wildman–Crippen MR) is 276 cm³/mol. The number of benzene rings is 13. The summed E-state index contributed by atoms with van der Waals surface area (Å²) in [7, 11) is 0. The molecular weight excluding hydrogens is 777 g/mol. The summed E-state index contributed by atoms with van der Waals surface area (Å²) >= 11 is 1.90. The van der Waals surface area contributed by atoms with Crippen LogP contribution in [0.1, 0.15) is 11.1 Å². The molecule has 0 aliphatic rings. The highest BCUT2D eigenvalue weighted by Gasteiger charge is 2.19. The summed E-state index contributed by atoms with van der Waals surface area (Å²) in [6, 6.07) is 73.7. The number of rotatable bonds is 3. The molecule has 0 saturated carbocycles. The van der Waals surface area contributed by atoms with E-state index < -0.39 is 0 Å². The molecule has 14 aromatic rings. The lowest BCUT2D eigenvalue weighted by molar-refractivity contribution is 1.37. The molecule has 0 atom stereocenters. The molecule has 0 spiro atoms. The molecule has 13 aromatic carbocycles. The van der Waals surface area contributed by atoms with Crippen molar-refractivity contribution >= 4 is 118 Å². The maximum atomic E-state index is 2.47. The largest absolute Gasteiger partial charge is 0.135 e. The van der Waals surface area contributed by atoms with E-state index in [9.17, 15) is 0 Å². The lowest BCUT2D eigenvalue weighted by Gasteiger charge is -2.18. The van der Waals surface area contributed by atoms with Crippen molar-refractivity contribution in [3.05, 3.63) is 205 Å². The van der Waals surface area contributed by atoms with Crippen LogP contribution in [0, 0.1) is 13.8 Å². The zero-order valence-corrected chi connectivity index (χ0v) is 35.7. The van der Waals surface area contributed by atoms with E-state index in [0.717, 1.165) is 0 Å². The van der Waals surface area contributed by atoms with E-state index in [1.165, 1.54) is 151 Å². The highest BCUT2D eigenvalue weighted by Crippen LogP contribution is 2.47. The summed E-state index contributed by atoms with van der Waals surface area (Å²) in [4.78, 5) is 0. The number of aryl methyl sites for hydroxylation is 2. The lowest BCUT2D eigenvalue weighted by atomic mass is 9.85. The lowest BCUT2D eigenvalue weighted by Crippen LogP contribution is -1.91. The Labute approximate surface area is 368 Å². The monoisotopic (exact) mass is 814 g/mol. The molecule has 0 amide bonds. The van der Waals surface area contributed by atoms with E-state index >= 15 is 0 Å². The van der Waals surface area contributed by atoms with Crippen LogP contribution in [0.2, 0.25) is 0 Å². The van der Waals surface area contributed by atoms with E-state index in [1.807, 2.05) is 11.3 Å². The highest BCUT2D eigenvalue weighted by molar-refractivity contribution is 7.25. The third-order valence-electron chi connectivity index (χ3n) is 14.2. The van der Waals surface area contributed by atoms with E-state index in [1.54, 1.807) is 0 Å². The maximum absolute atomic E-state index is 2.47. The zero-order chi connectivity index (χ0) is 41.5. The summed E-state index contributed by atoms with van der Waals surface area (Å²) in [5, 5.41) is 23.5. The summed E-state index contributed by atoms with van der Waals surface area (Å²) in [5.74, 6) is 0. The van der Waals surface area contributed by atoms with Gasteiger partial charge >= 0.3 is 0 Å². The fraction of sp³-hybridized carbons (Fsp3) is 0.0323. The van der Waals surface area contributed by atoms with Gasteiger partial charge in [0.15, 0.2) is 0 Å². The Balaban J connectivity index is 0.975. The first-order valence-corrected chi connectivity index (χ1v) is 22.8. The van der Waals surface area contributed by atoms with Gasteiger partial charge in [0, 0.05) is 20.2 Å². The Morgan fingerprint density at radius 3 is 1.48 bits per heavy atom. The van der Waals surface area contributed by atoms with Crippen molar-refractivity contribution in [3.63, 3.8) is 0 Å². The minimum absolute atomic E-state index is 1.23. The van der Waals surface area contributed by atoms with Crippen LogP contribution in [0.5, 0.6) is 0 Å². The van der Waals surface area contributed by atoms with Gasteiger partial charge in [0.1, 0.15) is 0 Å². The first kappa shape index (κ1) is 35.1. The van der Waals surface area contributed by atoms with Crippen LogP contribution in [0.15, 0.2) is 194 Å². The highest BCUT2D eigenvalue weighted by atomic mass is 32.1. The second kappa shape index (κ2) is 13.0. The van der Waals surface area contributed by atoms with E-state index in [0.29, 0.717) is 0 Å². The fourth-order valence-electron chi connectivity index (χ4n) is 11.1. The summed E-state index contributed by atoms with van der Waals surface area (Å²) in [6.45, 7) is 4.50. The van der Waals surface area contributed by atoms with Crippen LogP contribution >= 0.6 is 11.3 Å². The predicted octanol–water partition coefficient (Wildman–Crippen LogP) is 18.3. The van der Waals surface area contributed by atoms with Crippen molar-refractivity contribution < 1.29 is 0 Å². The number of thiophene rings is 1. The normalized spacial score (nSPS) is 12.3. The third-order valence-corrected chi connectivity index (χ3v) is 15.4. The molecule has 0 saturated heterocycles. The summed E-state index contributed by atoms with van der Waals surface area (Å²) < 4.78 is 2.69. The van der Waals surface area contributed by atoms with Crippen molar-refractivity contribution in [2.75, 3.05) is 0 Å². The van der Waals surface area contributed by atoms with Crippen molar-refractivity contribution in [1.82, 2.24) is 0 Å². The second-order valence-electron chi connectivity index (χ2n) is 17.7. The Morgan fingerprint density at radius 1 is 0.270 bits per heavy atom. The standard InChI is InChI=1S/C62H38S/c1-35-28-52-53(29-36(35)2)55-33-57-49-16-7-8-17-58(49)63-59(57)34-56(55)48-25-22-42(32-54(48)52)45-24-19-38-20-26-50-44(23-18-37-21-27-51(45)62(38)61(37)50)39-12-9-13-43(31-39)60-46-14-5-3-10-40(46)30-41-11-4-6-15-47(41)60/h3-34H,1-2H3. The molecule has 0 nitrogen and oxygen atoms in total. The smallest absolute Gasteiger partial charge is 0.0362 e. The molecule has 0 aliphatic carbocycles. The Kier molecular flexibility index (Phi) is 7.22. The minimum Gasteiger partial charge on any atom is -0.135 e. The average Bonchev–Trinajstić information content (AvgIpc) is 3.70. The average molecular weight is 815 g/mol. The molecule has 14 rings (SSSR count). The molecule has 0 fully saturated rings.